The zero-order chi connectivity index (χ0) is 41.0. The van der Waals surface area contributed by atoms with Crippen LogP contribution in [0.25, 0.3) is 21.9 Å². The van der Waals surface area contributed by atoms with Crippen LogP contribution in [0.4, 0.5) is 45.2 Å². The highest BCUT2D eigenvalue weighted by molar-refractivity contribution is 6.04. The predicted octanol–water partition coefficient (Wildman–Crippen LogP) is 8.67. The van der Waals surface area contributed by atoms with Gasteiger partial charge >= 0.3 is 24.4 Å². The van der Waals surface area contributed by atoms with Gasteiger partial charge in [-0.05, 0) is 105 Å². The molecule has 1 atom stereocenters. The van der Waals surface area contributed by atoms with Gasteiger partial charge in [-0.3, -0.25) is 15.5 Å². The zero-order valence-corrected chi connectivity index (χ0v) is 32.9. The largest absolute Gasteiger partial charge is 0.474 e. The van der Waals surface area contributed by atoms with E-state index in [0.717, 1.165) is 6.42 Å². The topological polar surface area (TPSA) is 182 Å². The minimum atomic E-state index is -1.33. The standard InChI is InChI=1S/C28H32FN5O7.C10H18FNO2/c1-14-17(12-31-23-22(14)34(8-9-39-23)26(38)41-28(5,6)7)16-10-15-11-19(32-24(35)36)30-13-18(15)21(20(16)29)33-25(37)40-27(2,3)4;1-10(2,3)14-9(13)12-6-4-5-8(11)7-12/h10-13H,8-9H2,1-7H3,(H,30,32)(H,33,37)(H,35,36);8H,4-7H2,1-3H3. The fourth-order valence-corrected chi connectivity index (χ4v) is 5.70. The van der Waals surface area contributed by atoms with Gasteiger partial charge in [0.15, 0.2) is 5.82 Å². The Morgan fingerprint density at radius 2 is 1.51 bits per heavy atom. The first-order chi connectivity index (χ1) is 25.4. The summed E-state index contributed by atoms with van der Waals surface area (Å²) >= 11 is 0. The summed E-state index contributed by atoms with van der Waals surface area (Å²) < 4.78 is 51.0. The molecule has 0 spiro atoms. The van der Waals surface area contributed by atoms with E-state index >= 15 is 4.39 Å². The van der Waals surface area contributed by atoms with Crippen LogP contribution in [0.1, 0.15) is 80.7 Å². The van der Waals surface area contributed by atoms with Crippen molar-refractivity contribution in [2.24, 2.45) is 0 Å². The highest BCUT2D eigenvalue weighted by Gasteiger charge is 2.33. The number of carbonyl (C=O) groups is 4. The van der Waals surface area contributed by atoms with Crippen LogP contribution >= 0.6 is 0 Å². The summed E-state index contributed by atoms with van der Waals surface area (Å²) in [5.74, 6) is -0.626. The number of nitrogens with zero attached hydrogens (tertiary/aromatic N) is 4. The van der Waals surface area contributed by atoms with E-state index in [1.165, 1.54) is 34.3 Å². The maximum Gasteiger partial charge on any atom is 0.415 e. The molecule has 17 heteroatoms. The number of fused-ring (bicyclic) bond motifs is 2. The molecule has 1 saturated heterocycles. The number of amides is 4. The molecule has 0 bridgehead atoms. The quantitative estimate of drug-likeness (QED) is 0.217. The van der Waals surface area contributed by atoms with E-state index in [1.54, 1.807) is 48.5 Å². The molecule has 15 nitrogen and oxygen atoms in total. The lowest BCUT2D eigenvalue weighted by Crippen LogP contribution is -2.43. The number of benzene rings is 1. The molecule has 2 aromatic heterocycles. The Morgan fingerprint density at radius 3 is 2.11 bits per heavy atom. The minimum absolute atomic E-state index is 0.00411. The molecular formula is C38H50F2N6O9. The average molecular weight is 773 g/mol. The number of likely N-dealkylation sites (tertiary alicyclic amines) is 1. The number of aromatic nitrogens is 2. The lowest BCUT2D eigenvalue weighted by Gasteiger charge is -2.32. The van der Waals surface area contributed by atoms with E-state index in [1.807, 2.05) is 20.8 Å². The molecule has 4 amide bonds. The number of hydrogen-bond acceptors (Lipinski definition) is 10. The van der Waals surface area contributed by atoms with E-state index < -0.39 is 53.2 Å². The van der Waals surface area contributed by atoms with Gasteiger partial charge in [-0.25, -0.2) is 37.9 Å². The van der Waals surface area contributed by atoms with Gasteiger partial charge in [-0.2, -0.15) is 0 Å². The number of pyridine rings is 2. The van der Waals surface area contributed by atoms with E-state index in [9.17, 15) is 23.6 Å². The summed E-state index contributed by atoms with van der Waals surface area (Å²) in [4.78, 5) is 59.6. The van der Waals surface area contributed by atoms with Crippen molar-refractivity contribution in [2.45, 2.75) is 105 Å². The van der Waals surface area contributed by atoms with Crippen molar-refractivity contribution >= 4 is 52.3 Å². The molecule has 0 aliphatic carbocycles. The number of halogens is 2. The van der Waals surface area contributed by atoms with Crippen LogP contribution in [-0.2, 0) is 14.2 Å². The zero-order valence-electron chi connectivity index (χ0n) is 32.9. The second-order valence-corrected chi connectivity index (χ2v) is 16.1. The van der Waals surface area contributed by atoms with E-state index in [4.69, 9.17) is 24.1 Å². The number of nitrogens with one attached hydrogen (secondary N) is 2. The van der Waals surface area contributed by atoms with Gasteiger partial charge in [-0.15, -0.1) is 0 Å². The Labute approximate surface area is 318 Å². The van der Waals surface area contributed by atoms with E-state index in [-0.39, 0.29) is 48.0 Å². The molecule has 2 aliphatic rings. The number of hydrogen-bond donors (Lipinski definition) is 3. The third-order valence-electron chi connectivity index (χ3n) is 7.84. The van der Waals surface area contributed by atoms with Crippen molar-refractivity contribution in [1.29, 1.82) is 0 Å². The van der Waals surface area contributed by atoms with Gasteiger partial charge in [0.1, 0.15) is 41.1 Å². The second-order valence-electron chi connectivity index (χ2n) is 16.1. The molecule has 1 fully saturated rings. The number of carbonyl (C=O) groups excluding carboxylic acids is 3. The number of anilines is 3. The second kappa shape index (κ2) is 16.5. The Bertz CT molecular complexity index is 1940. The SMILES string of the molecule is CC(C)(C)OC(=O)N1CCCC(F)C1.Cc1c(-c2cc3cc(NC(=O)O)ncc3c(NC(=O)OC(C)(C)C)c2F)cnc2c1N(C(=O)OC(C)(C)C)CCO2. The minimum Gasteiger partial charge on any atom is -0.474 e. The molecule has 55 heavy (non-hydrogen) atoms. The Hall–Kier alpha value is -5.48. The molecular weight excluding hydrogens is 722 g/mol. The van der Waals surface area contributed by atoms with Gasteiger partial charge in [0.2, 0.25) is 5.88 Å². The maximum atomic E-state index is 16.3. The van der Waals surface area contributed by atoms with Crippen molar-refractivity contribution in [3.63, 3.8) is 0 Å². The molecule has 1 unspecified atom stereocenters. The van der Waals surface area contributed by atoms with Crippen molar-refractivity contribution in [2.75, 3.05) is 41.8 Å². The van der Waals surface area contributed by atoms with Crippen LogP contribution in [0.2, 0.25) is 0 Å². The molecule has 3 aromatic rings. The summed E-state index contributed by atoms with van der Waals surface area (Å²) in [5.41, 5.74) is -1.20. The summed E-state index contributed by atoms with van der Waals surface area (Å²) in [6.07, 6.45) is -0.195. The van der Waals surface area contributed by atoms with Gasteiger partial charge in [-0.1, -0.05) is 0 Å². The highest BCUT2D eigenvalue weighted by Crippen LogP contribution is 2.42. The summed E-state index contributed by atoms with van der Waals surface area (Å²) in [5, 5.41) is 14.3. The van der Waals surface area contributed by atoms with Crippen LogP contribution in [0.3, 0.4) is 0 Å². The normalized spacial score (nSPS) is 15.8. The number of carboxylic acid groups (broad SMARTS) is 1. The molecule has 2 aliphatic heterocycles. The van der Waals surface area contributed by atoms with Crippen LogP contribution < -0.4 is 20.3 Å². The maximum absolute atomic E-state index is 16.3. The molecule has 4 heterocycles. The molecule has 5 rings (SSSR count). The summed E-state index contributed by atoms with van der Waals surface area (Å²) in [6, 6.07) is 2.89. The third kappa shape index (κ3) is 11.5. The molecule has 0 radical (unpaired) electrons. The van der Waals surface area contributed by atoms with Crippen molar-refractivity contribution in [3.8, 4) is 17.0 Å². The van der Waals surface area contributed by atoms with Gasteiger partial charge in [0.25, 0.3) is 0 Å². The van der Waals surface area contributed by atoms with Crippen LogP contribution in [-0.4, -0.2) is 93.6 Å². The first-order valence-electron chi connectivity index (χ1n) is 17.8. The Balaban J connectivity index is 0.000000404. The van der Waals surface area contributed by atoms with Gasteiger partial charge in [0.05, 0.1) is 18.8 Å². The lowest BCUT2D eigenvalue weighted by atomic mass is 9.96. The monoisotopic (exact) mass is 772 g/mol. The number of rotatable bonds is 3. The molecule has 300 valence electrons. The van der Waals surface area contributed by atoms with Crippen LogP contribution in [0.5, 0.6) is 5.88 Å². The first-order valence-corrected chi connectivity index (χ1v) is 17.8. The van der Waals surface area contributed by atoms with Crippen LogP contribution in [0.15, 0.2) is 24.5 Å². The Morgan fingerprint density at radius 1 is 0.873 bits per heavy atom. The molecule has 3 N–H and O–H groups in total. The average Bonchev–Trinajstić information content (AvgIpc) is 3.03. The molecule has 0 saturated carbocycles. The number of alkyl halides is 1. The van der Waals surface area contributed by atoms with Gasteiger partial charge in [0, 0.05) is 35.5 Å². The third-order valence-corrected chi connectivity index (χ3v) is 7.84. The predicted molar refractivity (Wildman–Crippen MR) is 202 cm³/mol. The summed E-state index contributed by atoms with van der Waals surface area (Å²) in [7, 11) is 0. The smallest absolute Gasteiger partial charge is 0.415 e. The van der Waals surface area contributed by atoms with Crippen molar-refractivity contribution in [1.82, 2.24) is 14.9 Å². The van der Waals surface area contributed by atoms with Crippen molar-refractivity contribution < 1.29 is 52.0 Å². The van der Waals surface area contributed by atoms with Crippen LogP contribution in [0, 0.1) is 12.7 Å². The lowest BCUT2D eigenvalue weighted by molar-refractivity contribution is 0.0138. The first kappa shape index (κ1) is 42.3. The van der Waals surface area contributed by atoms with E-state index in [0.29, 0.717) is 35.2 Å². The Kier molecular flexibility index (Phi) is 12.7. The molecule has 1 aromatic carbocycles. The summed E-state index contributed by atoms with van der Waals surface area (Å²) in [6.45, 7) is 18.5. The highest BCUT2D eigenvalue weighted by atomic mass is 19.1. The number of ether oxygens (including phenoxy) is 4. The fourth-order valence-electron chi connectivity index (χ4n) is 5.70. The van der Waals surface area contributed by atoms with E-state index in [2.05, 4.69) is 20.6 Å². The number of piperidine rings is 1. The fraction of sp³-hybridized carbons (Fsp3) is 0.526. The van der Waals surface area contributed by atoms with Crippen molar-refractivity contribution in [3.05, 3.63) is 35.9 Å². The van der Waals surface area contributed by atoms with Gasteiger partial charge < -0.3 is 29.0 Å².